The van der Waals surface area contributed by atoms with Gasteiger partial charge in [-0.3, -0.25) is 0 Å². The molecule has 3 aromatic heterocycles. The zero-order valence-electron chi connectivity index (χ0n) is 18.5. The van der Waals surface area contributed by atoms with Crippen LogP contribution in [-0.4, -0.2) is 32.6 Å². The van der Waals surface area contributed by atoms with E-state index < -0.39 is 5.97 Å². The molecule has 3 heterocycles. The summed E-state index contributed by atoms with van der Waals surface area (Å²) in [7, 11) is 1.53. The van der Waals surface area contributed by atoms with Crippen LogP contribution in [0, 0.1) is 0 Å². The summed E-state index contributed by atoms with van der Waals surface area (Å²) in [6.45, 7) is 1.26. The normalized spacial score (nSPS) is 11.0. The molecule has 0 saturated heterocycles. The molecule has 0 aliphatic carbocycles. The van der Waals surface area contributed by atoms with E-state index in [0.29, 0.717) is 18.7 Å². The zero-order chi connectivity index (χ0) is 23.3. The molecule has 0 amide bonds. The Morgan fingerprint density at radius 1 is 1.00 bits per heavy atom. The lowest BCUT2D eigenvalue weighted by molar-refractivity contribution is 0.0312. The first-order valence-corrected chi connectivity index (χ1v) is 11.6. The van der Waals surface area contributed by atoms with E-state index in [0.717, 1.165) is 27.5 Å². The second kappa shape index (κ2) is 9.82. The van der Waals surface area contributed by atoms with Gasteiger partial charge in [-0.05, 0) is 11.1 Å². The van der Waals surface area contributed by atoms with E-state index in [1.165, 1.54) is 24.6 Å². The van der Waals surface area contributed by atoms with Crippen LogP contribution in [0.25, 0.3) is 16.2 Å². The number of hydrogen-bond acceptors (Lipinski definition) is 8. The van der Waals surface area contributed by atoms with Gasteiger partial charge < -0.3 is 9.74 Å². The van der Waals surface area contributed by atoms with Crippen molar-refractivity contribution in [1.82, 2.24) is 25.1 Å². The summed E-state index contributed by atoms with van der Waals surface area (Å²) in [6.07, 6.45) is 5.01. The lowest BCUT2D eigenvalue weighted by Gasteiger charge is -2.27. The van der Waals surface area contributed by atoms with Crippen LogP contribution in [0.4, 0.5) is 5.82 Å². The molecule has 170 valence electrons. The van der Waals surface area contributed by atoms with Crippen molar-refractivity contribution in [3.63, 3.8) is 0 Å². The number of hydroxylamine groups is 1. The average molecular weight is 471 g/mol. The predicted octanol–water partition coefficient (Wildman–Crippen LogP) is 4.35. The van der Waals surface area contributed by atoms with Gasteiger partial charge in [0.05, 0.1) is 11.8 Å². The van der Waals surface area contributed by atoms with Gasteiger partial charge in [-0.25, -0.2) is 14.8 Å². The number of anilines is 1. The summed E-state index contributed by atoms with van der Waals surface area (Å²) < 4.78 is 1.70. The molecular weight excluding hydrogens is 448 g/mol. The molecule has 0 radical (unpaired) electrons. The standard InChI is InChI=1S/C25H22N6O2S/c1-26-33-25(32)20-15-29-31-22(20)28-14-21(23-27-12-13-34-23)24(31)30(16-18-8-4-2-5-9-18)17-19-10-6-3-7-11-19/h2-15,26H,16-17H2,1H3. The minimum atomic E-state index is -0.546. The summed E-state index contributed by atoms with van der Waals surface area (Å²) >= 11 is 1.53. The minimum absolute atomic E-state index is 0.278. The molecule has 5 rings (SSSR count). The number of carbonyl (C=O) groups excluding carboxylic acids is 1. The van der Waals surface area contributed by atoms with Gasteiger partial charge in [-0.2, -0.15) is 15.1 Å². The molecule has 0 bridgehead atoms. The number of nitrogens with one attached hydrogen (secondary N) is 1. The van der Waals surface area contributed by atoms with Gasteiger partial charge in [0.25, 0.3) is 0 Å². The maximum absolute atomic E-state index is 12.5. The number of thiazole rings is 1. The highest BCUT2D eigenvalue weighted by Crippen LogP contribution is 2.34. The van der Waals surface area contributed by atoms with Crippen molar-refractivity contribution >= 4 is 28.8 Å². The van der Waals surface area contributed by atoms with Gasteiger partial charge in [0.15, 0.2) is 5.65 Å². The highest BCUT2D eigenvalue weighted by atomic mass is 32.1. The van der Waals surface area contributed by atoms with Crippen molar-refractivity contribution in [2.75, 3.05) is 11.9 Å². The minimum Gasteiger partial charge on any atom is -0.367 e. The molecule has 8 nitrogen and oxygen atoms in total. The third kappa shape index (κ3) is 4.39. The first-order chi connectivity index (χ1) is 16.7. The summed E-state index contributed by atoms with van der Waals surface area (Å²) in [5.74, 6) is 0.256. The monoisotopic (exact) mass is 470 g/mol. The second-order valence-corrected chi connectivity index (χ2v) is 8.44. The van der Waals surface area contributed by atoms with E-state index >= 15 is 0 Å². The van der Waals surface area contributed by atoms with Crippen molar-refractivity contribution in [1.29, 1.82) is 0 Å². The molecule has 0 fully saturated rings. The first-order valence-electron chi connectivity index (χ1n) is 10.7. The molecule has 0 unspecified atom stereocenters. The van der Waals surface area contributed by atoms with Crippen LogP contribution >= 0.6 is 11.3 Å². The Bertz CT molecular complexity index is 1350. The van der Waals surface area contributed by atoms with E-state index in [-0.39, 0.29) is 5.56 Å². The summed E-state index contributed by atoms with van der Waals surface area (Å²) in [5, 5.41) is 7.31. The molecule has 0 aliphatic heterocycles. The van der Waals surface area contributed by atoms with Crippen LogP contribution in [0.3, 0.4) is 0 Å². The maximum atomic E-state index is 12.5. The Balaban J connectivity index is 1.70. The van der Waals surface area contributed by atoms with Crippen LogP contribution in [0.15, 0.2) is 84.6 Å². The average Bonchev–Trinajstić information content (AvgIpc) is 3.55. The highest BCUT2D eigenvalue weighted by molar-refractivity contribution is 7.13. The van der Waals surface area contributed by atoms with Crippen molar-refractivity contribution in [3.05, 3.63) is 101 Å². The molecule has 0 aliphatic rings. The smallest absolute Gasteiger partial charge is 0.362 e. The Morgan fingerprint density at radius 3 is 2.26 bits per heavy atom. The van der Waals surface area contributed by atoms with Crippen LogP contribution < -0.4 is 10.4 Å². The van der Waals surface area contributed by atoms with Crippen LogP contribution in [0.2, 0.25) is 0 Å². The number of carbonyl (C=O) groups is 1. The zero-order valence-corrected chi connectivity index (χ0v) is 19.3. The Labute approximate surface area is 200 Å². The number of nitrogens with zero attached hydrogens (tertiary/aromatic N) is 5. The maximum Gasteiger partial charge on any atom is 0.362 e. The number of fused-ring (bicyclic) bond motifs is 1. The van der Waals surface area contributed by atoms with Crippen LogP contribution in [-0.2, 0) is 17.9 Å². The number of hydrogen-bond donors (Lipinski definition) is 1. The Kier molecular flexibility index (Phi) is 6.28. The lowest BCUT2D eigenvalue weighted by atomic mass is 10.1. The van der Waals surface area contributed by atoms with Gasteiger partial charge in [0.2, 0.25) is 0 Å². The molecule has 9 heteroatoms. The Hall–Kier alpha value is -4.08. The van der Waals surface area contributed by atoms with E-state index in [1.807, 2.05) is 41.8 Å². The number of aromatic nitrogens is 4. The summed E-state index contributed by atoms with van der Waals surface area (Å²) in [4.78, 5) is 28.8. The van der Waals surface area contributed by atoms with Gasteiger partial charge in [0, 0.05) is 37.9 Å². The largest absolute Gasteiger partial charge is 0.367 e. The third-order valence-electron chi connectivity index (χ3n) is 5.31. The second-order valence-electron chi connectivity index (χ2n) is 7.55. The van der Waals surface area contributed by atoms with Crippen molar-refractivity contribution < 1.29 is 9.63 Å². The summed E-state index contributed by atoms with van der Waals surface area (Å²) in [5.41, 5.74) is 6.26. The fourth-order valence-corrected chi connectivity index (χ4v) is 4.48. The predicted molar refractivity (Wildman–Crippen MR) is 131 cm³/mol. The number of rotatable bonds is 8. The van der Waals surface area contributed by atoms with E-state index in [1.54, 1.807) is 16.9 Å². The first kappa shape index (κ1) is 21.7. The van der Waals surface area contributed by atoms with E-state index in [2.05, 4.69) is 49.7 Å². The topological polar surface area (TPSA) is 84.6 Å². The molecular formula is C25H22N6O2S. The van der Waals surface area contributed by atoms with Gasteiger partial charge in [-0.1, -0.05) is 60.7 Å². The quantitative estimate of drug-likeness (QED) is 0.338. The molecule has 1 N–H and O–H groups in total. The van der Waals surface area contributed by atoms with Crippen molar-refractivity contribution in [3.8, 4) is 10.6 Å². The van der Waals surface area contributed by atoms with E-state index in [4.69, 9.17) is 4.84 Å². The highest BCUT2D eigenvalue weighted by Gasteiger charge is 2.24. The Morgan fingerprint density at radius 2 is 1.68 bits per heavy atom. The molecule has 2 aromatic carbocycles. The lowest BCUT2D eigenvalue weighted by Crippen LogP contribution is -2.26. The van der Waals surface area contributed by atoms with Gasteiger partial charge in [0.1, 0.15) is 16.4 Å². The van der Waals surface area contributed by atoms with Gasteiger partial charge in [-0.15, -0.1) is 11.3 Å². The molecule has 0 atom stereocenters. The summed E-state index contributed by atoms with van der Waals surface area (Å²) in [6, 6.07) is 20.5. The van der Waals surface area contributed by atoms with E-state index in [9.17, 15) is 4.79 Å². The molecule has 0 spiro atoms. The molecule has 5 aromatic rings. The van der Waals surface area contributed by atoms with Crippen LogP contribution in [0.1, 0.15) is 21.5 Å². The number of benzene rings is 2. The third-order valence-corrected chi connectivity index (χ3v) is 6.12. The van der Waals surface area contributed by atoms with Gasteiger partial charge >= 0.3 is 5.97 Å². The van der Waals surface area contributed by atoms with Crippen LogP contribution in [0.5, 0.6) is 0 Å². The van der Waals surface area contributed by atoms with Crippen molar-refractivity contribution in [2.24, 2.45) is 0 Å². The molecule has 34 heavy (non-hydrogen) atoms. The fourth-order valence-electron chi connectivity index (χ4n) is 3.84. The fraction of sp³-hybridized carbons (Fsp3) is 0.120. The van der Waals surface area contributed by atoms with Crippen molar-refractivity contribution in [2.45, 2.75) is 13.1 Å². The SMILES string of the molecule is CNOC(=O)c1cnn2c(N(Cc3ccccc3)Cc3ccccc3)c(-c3nccs3)cnc12. The molecule has 0 saturated carbocycles.